The van der Waals surface area contributed by atoms with Crippen LogP contribution in [-0.2, 0) is 0 Å². The zero-order chi connectivity index (χ0) is 6.69. The molecule has 0 aliphatic carbocycles. The quantitative estimate of drug-likeness (QED) is 0.563. The number of nitrogens with zero attached hydrogens (tertiary/aromatic N) is 2. The Balaban J connectivity index is 3.02. The van der Waals surface area contributed by atoms with Gasteiger partial charge in [0.1, 0.15) is 6.07 Å². The van der Waals surface area contributed by atoms with Crippen LogP contribution in [0.2, 0.25) is 0 Å². The summed E-state index contributed by atoms with van der Waals surface area (Å²) < 4.78 is 0. The second-order valence-electron chi connectivity index (χ2n) is 1.49. The number of nitrogens with one attached hydrogen (secondary N) is 2. The zero-order valence-electron chi connectivity index (χ0n) is 4.97. The molecule has 0 radical (unpaired) electrons. The molecule has 0 saturated heterocycles. The van der Waals surface area contributed by atoms with Gasteiger partial charge in [-0.15, -0.1) is 0 Å². The number of nitriles is 1. The average molecular weight is 122 g/mol. The molecule has 0 aromatic carbocycles. The van der Waals surface area contributed by atoms with Gasteiger partial charge in [0.15, 0.2) is 11.5 Å². The van der Waals surface area contributed by atoms with Crippen LogP contribution in [0.5, 0.6) is 0 Å². The van der Waals surface area contributed by atoms with Crippen molar-refractivity contribution in [1.29, 1.82) is 5.26 Å². The van der Waals surface area contributed by atoms with Crippen LogP contribution in [0, 0.1) is 11.3 Å². The molecule has 0 bridgehead atoms. The van der Waals surface area contributed by atoms with Gasteiger partial charge in [-0.05, 0) is 0 Å². The number of imidazole rings is 1. The van der Waals surface area contributed by atoms with Crippen molar-refractivity contribution >= 4 is 5.82 Å². The zero-order valence-corrected chi connectivity index (χ0v) is 4.97. The summed E-state index contributed by atoms with van der Waals surface area (Å²) in [5, 5.41) is 11.1. The van der Waals surface area contributed by atoms with Gasteiger partial charge in [0.25, 0.3) is 0 Å². The van der Waals surface area contributed by atoms with Crippen LogP contribution < -0.4 is 5.32 Å². The van der Waals surface area contributed by atoms with Gasteiger partial charge in [-0.3, -0.25) is 0 Å². The predicted octanol–water partition coefficient (Wildman–Crippen LogP) is 0.323. The van der Waals surface area contributed by atoms with Gasteiger partial charge in [0, 0.05) is 7.05 Å². The number of rotatable bonds is 1. The van der Waals surface area contributed by atoms with Crippen molar-refractivity contribution in [2.24, 2.45) is 0 Å². The molecule has 1 aromatic rings. The Bertz CT molecular complexity index is 231. The number of hydrogen-bond donors (Lipinski definition) is 2. The van der Waals surface area contributed by atoms with Crippen LogP contribution in [0.3, 0.4) is 0 Å². The lowest BCUT2D eigenvalue weighted by molar-refractivity contribution is 1.29. The molecule has 9 heavy (non-hydrogen) atoms. The van der Waals surface area contributed by atoms with Crippen LogP contribution in [-0.4, -0.2) is 17.0 Å². The highest BCUT2D eigenvalue weighted by atomic mass is 15.0. The SMILES string of the molecule is CNc1nc[nH]c1C#N. The van der Waals surface area contributed by atoms with Gasteiger partial charge in [-0.1, -0.05) is 0 Å². The van der Waals surface area contributed by atoms with E-state index in [1.807, 2.05) is 6.07 Å². The first-order valence-corrected chi connectivity index (χ1v) is 2.49. The third-order valence-corrected chi connectivity index (χ3v) is 0.988. The molecular formula is C5H6N4. The number of H-pyrrole nitrogens is 1. The highest BCUT2D eigenvalue weighted by Gasteiger charge is 1.98. The number of aromatic nitrogens is 2. The molecule has 0 spiro atoms. The Morgan fingerprint density at radius 1 is 1.89 bits per heavy atom. The minimum absolute atomic E-state index is 0.470. The molecule has 0 amide bonds. The Labute approximate surface area is 52.5 Å². The van der Waals surface area contributed by atoms with Crippen LogP contribution in [0.1, 0.15) is 5.69 Å². The van der Waals surface area contributed by atoms with E-state index in [0.717, 1.165) is 0 Å². The summed E-state index contributed by atoms with van der Waals surface area (Å²) >= 11 is 0. The van der Waals surface area contributed by atoms with Crippen LogP contribution in [0.15, 0.2) is 6.33 Å². The highest BCUT2D eigenvalue weighted by molar-refractivity contribution is 5.46. The van der Waals surface area contributed by atoms with E-state index in [1.54, 1.807) is 7.05 Å². The van der Waals surface area contributed by atoms with E-state index < -0.39 is 0 Å². The summed E-state index contributed by atoms with van der Waals surface area (Å²) in [5.41, 5.74) is 0.470. The van der Waals surface area contributed by atoms with E-state index in [4.69, 9.17) is 5.26 Å². The van der Waals surface area contributed by atoms with Crippen molar-refractivity contribution in [3.63, 3.8) is 0 Å². The molecule has 0 unspecified atom stereocenters. The largest absolute Gasteiger partial charge is 0.371 e. The third kappa shape index (κ3) is 0.842. The van der Waals surface area contributed by atoms with Crippen LogP contribution in [0.25, 0.3) is 0 Å². The van der Waals surface area contributed by atoms with E-state index in [9.17, 15) is 0 Å². The minimum atomic E-state index is 0.470. The lowest BCUT2D eigenvalue weighted by Crippen LogP contribution is -1.89. The van der Waals surface area contributed by atoms with Gasteiger partial charge < -0.3 is 10.3 Å². The molecule has 46 valence electrons. The van der Waals surface area contributed by atoms with Crippen molar-refractivity contribution in [1.82, 2.24) is 9.97 Å². The molecule has 1 aromatic heterocycles. The molecule has 0 aliphatic rings. The van der Waals surface area contributed by atoms with Gasteiger partial charge >= 0.3 is 0 Å². The van der Waals surface area contributed by atoms with E-state index in [1.165, 1.54) is 6.33 Å². The van der Waals surface area contributed by atoms with Gasteiger partial charge in [-0.2, -0.15) is 5.26 Å². The summed E-state index contributed by atoms with van der Waals surface area (Å²) in [4.78, 5) is 6.49. The Morgan fingerprint density at radius 3 is 3.11 bits per heavy atom. The molecule has 1 rings (SSSR count). The summed E-state index contributed by atoms with van der Waals surface area (Å²) in [7, 11) is 1.72. The molecule has 4 heteroatoms. The molecule has 0 fully saturated rings. The molecule has 2 N–H and O–H groups in total. The topological polar surface area (TPSA) is 64.5 Å². The maximum absolute atomic E-state index is 8.38. The van der Waals surface area contributed by atoms with Crippen molar-refractivity contribution in [3.8, 4) is 6.07 Å². The molecule has 0 aliphatic heterocycles. The fraction of sp³-hybridized carbons (Fsp3) is 0.200. The summed E-state index contributed by atoms with van der Waals surface area (Å²) in [5.74, 6) is 0.595. The molecule has 0 atom stereocenters. The third-order valence-electron chi connectivity index (χ3n) is 0.988. The number of anilines is 1. The smallest absolute Gasteiger partial charge is 0.162 e. The Hall–Kier alpha value is -1.50. The summed E-state index contributed by atoms with van der Waals surface area (Å²) in [6.07, 6.45) is 1.48. The highest BCUT2D eigenvalue weighted by Crippen LogP contribution is 2.04. The van der Waals surface area contributed by atoms with Gasteiger partial charge in [0.2, 0.25) is 0 Å². The molecular weight excluding hydrogens is 116 g/mol. The van der Waals surface area contributed by atoms with Crippen molar-refractivity contribution in [2.75, 3.05) is 12.4 Å². The Morgan fingerprint density at radius 2 is 2.67 bits per heavy atom. The Kier molecular flexibility index (Phi) is 1.36. The normalized spacial score (nSPS) is 8.44. The standard InChI is InChI=1S/C5H6N4/c1-7-5-4(2-6)8-3-9-5/h3,7H,1H3,(H,8,9). The summed E-state index contributed by atoms with van der Waals surface area (Å²) in [6.45, 7) is 0. The molecule has 4 nitrogen and oxygen atoms in total. The second kappa shape index (κ2) is 2.18. The van der Waals surface area contributed by atoms with Gasteiger partial charge in [-0.25, -0.2) is 4.98 Å². The lowest BCUT2D eigenvalue weighted by Gasteiger charge is -1.88. The van der Waals surface area contributed by atoms with E-state index >= 15 is 0 Å². The van der Waals surface area contributed by atoms with Gasteiger partial charge in [0.05, 0.1) is 6.33 Å². The number of hydrogen-bond acceptors (Lipinski definition) is 3. The minimum Gasteiger partial charge on any atom is -0.371 e. The van der Waals surface area contributed by atoms with E-state index in [2.05, 4.69) is 15.3 Å². The lowest BCUT2D eigenvalue weighted by atomic mass is 10.5. The number of aromatic amines is 1. The monoisotopic (exact) mass is 122 g/mol. The summed E-state index contributed by atoms with van der Waals surface area (Å²) in [6, 6.07) is 1.95. The fourth-order valence-electron chi connectivity index (χ4n) is 0.569. The first-order valence-electron chi connectivity index (χ1n) is 2.49. The van der Waals surface area contributed by atoms with Crippen LogP contribution in [0.4, 0.5) is 5.82 Å². The van der Waals surface area contributed by atoms with Crippen LogP contribution >= 0.6 is 0 Å². The first kappa shape index (κ1) is 5.63. The van der Waals surface area contributed by atoms with E-state index in [0.29, 0.717) is 11.5 Å². The van der Waals surface area contributed by atoms with E-state index in [-0.39, 0.29) is 0 Å². The maximum Gasteiger partial charge on any atom is 0.162 e. The van der Waals surface area contributed by atoms with Crippen molar-refractivity contribution in [3.05, 3.63) is 12.0 Å². The van der Waals surface area contributed by atoms with Crippen molar-refractivity contribution < 1.29 is 0 Å². The maximum atomic E-state index is 8.38. The second-order valence-corrected chi connectivity index (χ2v) is 1.49. The fourth-order valence-corrected chi connectivity index (χ4v) is 0.569. The predicted molar refractivity (Wildman–Crippen MR) is 32.8 cm³/mol. The molecule has 1 heterocycles. The average Bonchev–Trinajstić information content (AvgIpc) is 2.33. The molecule has 0 saturated carbocycles. The van der Waals surface area contributed by atoms with Crippen molar-refractivity contribution in [2.45, 2.75) is 0 Å². The first-order chi connectivity index (χ1) is 4.38.